The molecule has 0 radical (unpaired) electrons. The van der Waals surface area contributed by atoms with E-state index >= 15 is 0 Å². The average molecular weight is 232 g/mol. The van der Waals surface area contributed by atoms with Crippen LogP contribution in [-0.4, -0.2) is 13.1 Å². The maximum Gasteiger partial charge on any atom is 0.126 e. The summed E-state index contributed by atoms with van der Waals surface area (Å²) in [6.45, 7) is 6.37. The van der Waals surface area contributed by atoms with Crippen LogP contribution in [0.1, 0.15) is 25.8 Å². The van der Waals surface area contributed by atoms with E-state index in [1.165, 1.54) is 12.1 Å². The maximum atomic E-state index is 13.3. The summed E-state index contributed by atoms with van der Waals surface area (Å²) in [5.41, 5.74) is 1.23. The Morgan fingerprint density at radius 1 is 1.41 bits per heavy atom. The Morgan fingerprint density at radius 2 is 2.18 bits per heavy atom. The monoisotopic (exact) mass is 232 g/mol. The van der Waals surface area contributed by atoms with Crippen molar-refractivity contribution in [2.24, 2.45) is 11.8 Å². The van der Waals surface area contributed by atoms with E-state index in [2.05, 4.69) is 18.7 Å². The van der Waals surface area contributed by atoms with Gasteiger partial charge in [-0.3, -0.25) is 0 Å². The van der Waals surface area contributed by atoms with Gasteiger partial charge < -0.3 is 4.90 Å². The van der Waals surface area contributed by atoms with E-state index in [0.717, 1.165) is 25.2 Å². The van der Waals surface area contributed by atoms with Gasteiger partial charge in [-0.05, 0) is 36.5 Å². The zero-order valence-electron chi connectivity index (χ0n) is 10.3. The van der Waals surface area contributed by atoms with Crippen LogP contribution < -0.4 is 4.90 Å². The number of nitriles is 1. The first kappa shape index (κ1) is 11.9. The predicted octanol–water partition coefficient (Wildman–Crippen LogP) is 3.18. The fourth-order valence-electron chi connectivity index (χ4n) is 2.39. The minimum absolute atomic E-state index is 0.327. The summed E-state index contributed by atoms with van der Waals surface area (Å²) in [5, 5.41) is 8.83. The summed E-state index contributed by atoms with van der Waals surface area (Å²) in [6, 6.07) is 6.56. The fraction of sp³-hybridized carbons (Fsp3) is 0.500. The molecular formula is C14H17FN2. The molecule has 0 aliphatic carbocycles. The van der Waals surface area contributed by atoms with E-state index in [4.69, 9.17) is 5.26 Å². The summed E-state index contributed by atoms with van der Waals surface area (Å²) in [5.74, 6) is 1.000. The van der Waals surface area contributed by atoms with Gasteiger partial charge in [0.05, 0.1) is 11.6 Å². The second kappa shape index (κ2) is 4.75. The third-order valence-corrected chi connectivity index (χ3v) is 3.54. The van der Waals surface area contributed by atoms with Crippen LogP contribution in [0.4, 0.5) is 10.1 Å². The molecule has 1 unspecified atom stereocenters. The average Bonchev–Trinajstić information content (AvgIpc) is 2.77. The highest BCUT2D eigenvalue weighted by molar-refractivity contribution is 5.52. The summed E-state index contributed by atoms with van der Waals surface area (Å²) in [6.07, 6.45) is 1.15. The lowest BCUT2D eigenvalue weighted by Gasteiger charge is -2.20. The standard InChI is InChI=1S/C14H17FN2/c1-10(2)12-3-4-17(9-12)14-6-11(8-16)5-13(15)7-14/h5-7,10,12H,3-4,9H2,1-2H3. The van der Waals surface area contributed by atoms with E-state index in [0.29, 0.717) is 17.4 Å². The summed E-state index contributed by atoms with van der Waals surface area (Å²) < 4.78 is 13.3. The van der Waals surface area contributed by atoms with Crippen molar-refractivity contribution in [2.75, 3.05) is 18.0 Å². The Morgan fingerprint density at radius 3 is 2.76 bits per heavy atom. The topological polar surface area (TPSA) is 27.0 Å². The molecule has 1 saturated heterocycles. The molecule has 90 valence electrons. The van der Waals surface area contributed by atoms with Gasteiger partial charge in [0.2, 0.25) is 0 Å². The highest BCUT2D eigenvalue weighted by Gasteiger charge is 2.25. The maximum absolute atomic E-state index is 13.3. The van der Waals surface area contributed by atoms with Crippen LogP contribution in [0, 0.1) is 29.0 Å². The zero-order valence-corrected chi connectivity index (χ0v) is 10.3. The van der Waals surface area contributed by atoms with Crippen molar-refractivity contribution in [1.82, 2.24) is 0 Å². The first-order valence-electron chi connectivity index (χ1n) is 6.06. The van der Waals surface area contributed by atoms with Crippen LogP contribution in [0.15, 0.2) is 18.2 Å². The lowest BCUT2D eigenvalue weighted by Crippen LogP contribution is -2.21. The van der Waals surface area contributed by atoms with E-state index in [-0.39, 0.29) is 5.82 Å². The Hall–Kier alpha value is -1.56. The molecule has 1 atom stereocenters. The number of hydrogen-bond donors (Lipinski definition) is 0. The van der Waals surface area contributed by atoms with Gasteiger partial charge in [0.25, 0.3) is 0 Å². The first-order chi connectivity index (χ1) is 8.10. The first-order valence-corrected chi connectivity index (χ1v) is 6.06. The summed E-state index contributed by atoms with van der Waals surface area (Å²) in [4.78, 5) is 2.18. The smallest absolute Gasteiger partial charge is 0.126 e. The molecule has 2 nitrogen and oxygen atoms in total. The molecule has 0 aromatic heterocycles. The Bertz CT molecular complexity index is 448. The molecule has 1 aliphatic rings. The van der Waals surface area contributed by atoms with Gasteiger partial charge in [0.15, 0.2) is 0 Å². The summed E-state index contributed by atoms with van der Waals surface area (Å²) in [7, 11) is 0. The van der Waals surface area contributed by atoms with Crippen molar-refractivity contribution in [3.8, 4) is 6.07 Å². The van der Waals surface area contributed by atoms with Gasteiger partial charge in [-0.25, -0.2) is 4.39 Å². The van der Waals surface area contributed by atoms with Crippen molar-refractivity contribution >= 4 is 5.69 Å². The molecule has 3 heteroatoms. The molecule has 0 spiro atoms. The largest absolute Gasteiger partial charge is 0.371 e. The number of anilines is 1. The normalized spacial score (nSPS) is 19.7. The van der Waals surface area contributed by atoms with E-state index in [1.807, 2.05) is 6.07 Å². The van der Waals surface area contributed by atoms with Gasteiger partial charge in [0.1, 0.15) is 5.82 Å². The molecule has 17 heavy (non-hydrogen) atoms. The van der Waals surface area contributed by atoms with E-state index in [1.54, 1.807) is 6.07 Å². The van der Waals surface area contributed by atoms with Gasteiger partial charge in [-0.1, -0.05) is 13.8 Å². The minimum Gasteiger partial charge on any atom is -0.371 e. The predicted molar refractivity (Wildman–Crippen MR) is 66.3 cm³/mol. The Balaban J connectivity index is 2.19. The SMILES string of the molecule is CC(C)C1CCN(c2cc(F)cc(C#N)c2)C1. The Kier molecular flexibility index (Phi) is 3.33. The number of halogens is 1. The lowest BCUT2D eigenvalue weighted by molar-refractivity contribution is 0.422. The van der Waals surface area contributed by atoms with Crippen LogP contribution in [0.25, 0.3) is 0 Å². The molecule has 0 amide bonds. The van der Waals surface area contributed by atoms with Gasteiger partial charge in [-0.15, -0.1) is 0 Å². The van der Waals surface area contributed by atoms with Gasteiger partial charge in [0, 0.05) is 18.8 Å². The van der Waals surface area contributed by atoms with Crippen LogP contribution >= 0.6 is 0 Å². The van der Waals surface area contributed by atoms with Crippen LogP contribution in [0.2, 0.25) is 0 Å². The van der Waals surface area contributed by atoms with E-state index in [9.17, 15) is 4.39 Å². The summed E-state index contributed by atoms with van der Waals surface area (Å²) >= 11 is 0. The van der Waals surface area contributed by atoms with E-state index < -0.39 is 0 Å². The van der Waals surface area contributed by atoms with Crippen molar-refractivity contribution in [1.29, 1.82) is 5.26 Å². The van der Waals surface area contributed by atoms with Crippen molar-refractivity contribution in [3.63, 3.8) is 0 Å². The van der Waals surface area contributed by atoms with Gasteiger partial charge in [-0.2, -0.15) is 5.26 Å². The lowest BCUT2D eigenvalue weighted by atomic mass is 9.95. The molecule has 2 rings (SSSR count). The quantitative estimate of drug-likeness (QED) is 0.783. The van der Waals surface area contributed by atoms with Crippen LogP contribution in [-0.2, 0) is 0 Å². The van der Waals surface area contributed by atoms with Crippen molar-refractivity contribution in [2.45, 2.75) is 20.3 Å². The molecule has 1 fully saturated rings. The zero-order chi connectivity index (χ0) is 12.4. The molecule has 0 saturated carbocycles. The van der Waals surface area contributed by atoms with Crippen LogP contribution in [0.5, 0.6) is 0 Å². The number of nitrogens with zero attached hydrogens (tertiary/aromatic N) is 2. The molecule has 0 N–H and O–H groups in total. The highest BCUT2D eigenvalue weighted by atomic mass is 19.1. The minimum atomic E-state index is -0.327. The van der Waals surface area contributed by atoms with Crippen molar-refractivity contribution in [3.05, 3.63) is 29.6 Å². The molecule has 0 bridgehead atoms. The number of benzene rings is 1. The van der Waals surface area contributed by atoms with Crippen molar-refractivity contribution < 1.29 is 4.39 Å². The van der Waals surface area contributed by atoms with Crippen LogP contribution in [0.3, 0.4) is 0 Å². The fourth-order valence-corrected chi connectivity index (χ4v) is 2.39. The molecule has 1 aromatic carbocycles. The third kappa shape index (κ3) is 2.58. The third-order valence-electron chi connectivity index (χ3n) is 3.54. The second-order valence-electron chi connectivity index (χ2n) is 5.05. The molecule has 1 heterocycles. The molecule has 1 aliphatic heterocycles. The Labute approximate surface area is 102 Å². The van der Waals surface area contributed by atoms with Gasteiger partial charge >= 0.3 is 0 Å². The number of hydrogen-bond acceptors (Lipinski definition) is 2. The number of rotatable bonds is 2. The molecular weight excluding hydrogens is 215 g/mol. The molecule has 1 aromatic rings. The second-order valence-corrected chi connectivity index (χ2v) is 5.05. The highest BCUT2D eigenvalue weighted by Crippen LogP contribution is 2.29.